The number of pyridine rings is 1. The molecule has 1 aromatic rings. The molecule has 0 radical (unpaired) electrons. The summed E-state index contributed by atoms with van der Waals surface area (Å²) in [6.45, 7) is 4.06. The SMILES string of the molecule is C#CC(C)N[C@H](C)c1ccncc1. The summed E-state index contributed by atoms with van der Waals surface area (Å²) in [5, 5.41) is 3.28. The molecular weight excluding hydrogens is 160 g/mol. The zero-order chi connectivity index (χ0) is 9.68. The van der Waals surface area contributed by atoms with Crippen LogP contribution < -0.4 is 5.32 Å². The van der Waals surface area contributed by atoms with Crippen molar-refractivity contribution in [3.63, 3.8) is 0 Å². The van der Waals surface area contributed by atoms with E-state index in [4.69, 9.17) is 6.42 Å². The lowest BCUT2D eigenvalue weighted by Crippen LogP contribution is -2.27. The molecule has 0 amide bonds. The average molecular weight is 174 g/mol. The molecule has 0 saturated carbocycles. The van der Waals surface area contributed by atoms with Crippen molar-refractivity contribution in [2.45, 2.75) is 25.9 Å². The molecule has 0 fully saturated rings. The maximum atomic E-state index is 5.27. The molecule has 68 valence electrons. The Kier molecular flexibility index (Phi) is 3.48. The van der Waals surface area contributed by atoms with Crippen LogP contribution in [0.15, 0.2) is 24.5 Å². The third-order valence-electron chi connectivity index (χ3n) is 1.96. The number of aromatic nitrogens is 1. The minimum Gasteiger partial charge on any atom is -0.297 e. The van der Waals surface area contributed by atoms with Crippen LogP contribution in [0, 0.1) is 12.3 Å². The van der Waals surface area contributed by atoms with Crippen molar-refractivity contribution < 1.29 is 0 Å². The molecule has 1 rings (SSSR count). The summed E-state index contributed by atoms with van der Waals surface area (Å²) in [6.07, 6.45) is 8.85. The van der Waals surface area contributed by atoms with Crippen molar-refractivity contribution in [3.05, 3.63) is 30.1 Å². The molecule has 13 heavy (non-hydrogen) atoms. The van der Waals surface area contributed by atoms with Gasteiger partial charge in [0.2, 0.25) is 0 Å². The predicted octanol–water partition coefficient (Wildman–Crippen LogP) is 1.75. The van der Waals surface area contributed by atoms with Gasteiger partial charge < -0.3 is 0 Å². The highest BCUT2D eigenvalue weighted by molar-refractivity contribution is 5.15. The zero-order valence-corrected chi connectivity index (χ0v) is 7.99. The Balaban J connectivity index is 2.60. The van der Waals surface area contributed by atoms with Crippen LogP contribution in [0.2, 0.25) is 0 Å². The molecule has 0 aliphatic heterocycles. The Morgan fingerprint density at radius 1 is 1.38 bits per heavy atom. The maximum Gasteiger partial charge on any atom is 0.0662 e. The van der Waals surface area contributed by atoms with E-state index in [2.05, 4.69) is 23.1 Å². The predicted molar refractivity (Wildman–Crippen MR) is 54.1 cm³/mol. The van der Waals surface area contributed by atoms with Gasteiger partial charge >= 0.3 is 0 Å². The first-order valence-corrected chi connectivity index (χ1v) is 4.36. The lowest BCUT2D eigenvalue weighted by Gasteiger charge is -2.15. The fourth-order valence-corrected chi connectivity index (χ4v) is 1.17. The van der Waals surface area contributed by atoms with Gasteiger partial charge in [-0.25, -0.2) is 0 Å². The average Bonchev–Trinajstić information content (AvgIpc) is 2.19. The molecule has 1 aromatic heterocycles. The van der Waals surface area contributed by atoms with Gasteiger partial charge in [0, 0.05) is 18.4 Å². The Morgan fingerprint density at radius 3 is 2.54 bits per heavy atom. The number of terminal acetylenes is 1. The van der Waals surface area contributed by atoms with Crippen molar-refractivity contribution in [2.75, 3.05) is 0 Å². The fraction of sp³-hybridized carbons (Fsp3) is 0.364. The standard InChI is InChI=1S/C11H14N2/c1-4-9(2)13-10(3)11-5-7-12-8-6-11/h1,5-10,13H,2-3H3/t9?,10-/m1/s1. The Bertz CT molecular complexity index is 287. The molecule has 0 saturated heterocycles. The topological polar surface area (TPSA) is 24.9 Å². The molecule has 0 spiro atoms. The van der Waals surface area contributed by atoms with Crippen molar-refractivity contribution in [1.29, 1.82) is 0 Å². The van der Waals surface area contributed by atoms with Crippen LogP contribution >= 0.6 is 0 Å². The molecule has 2 heteroatoms. The van der Waals surface area contributed by atoms with Crippen molar-refractivity contribution in [2.24, 2.45) is 0 Å². The molecule has 0 bridgehead atoms. The summed E-state index contributed by atoms with van der Waals surface area (Å²) < 4.78 is 0. The maximum absolute atomic E-state index is 5.27. The molecule has 2 nitrogen and oxygen atoms in total. The molecule has 1 heterocycles. The monoisotopic (exact) mass is 174 g/mol. The lowest BCUT2D eigenvalue weighted by molar-refractivity contribution is 0.546. The smallest absolute Gasteiger partial charge is 0.0662 e. The minimum absolute atomic E-state index is 0.100. The van der Waals surface area contributed by atoms with Crippen LogP contribution in [0.1, 0.15) is 25.5 Å². The summed E-state index contributed by atoms with van der Waals surface area (Å²) in [5.41, 5.74) is 1.21. The van der Waals surface area contributed by atoms with Crippen molar-refractivity contribution in [1.82, 2.24) is 10.3 Å². The third-order valence-corrected chi connectivity index (χ3v) is 1.96. The van der Waals surface area contributed by atoms with Gasteiger partial charge in [-0.05, 0) is 31.5 Å². The first-order valence-electron chi connectivity index (χ1n) is 4.36. The molecule has 1 N–H and O–H groups in total. The van der Waals surface area contributed by atoms with E-state index in [-0.39, 0.29) is 12.1 Å². The van der Waals surface area contributed by atoms with E-state index in [0.717, 1.165) is 0 Å². The van der Waals surface area contributed by atoms with E-state index in [9.17, 15) is 0 Å². The number of nitrogens with one attached hydrogen (secondary N) is 1. The second kappa shape index (κ2) is 4.64. The fourth-order valence-electron chi connectivity index (χ4n) is 1.17. The highest BCUT2D eigenvalue weighted by atomic mass is 14.9. The van der Waals surface area contributed by atoms with Gasteiger partial charge in [-0.15, -0.1) is 6.42 Å². The first-order chi connectivity index (χ1) is 6.24. The minimum atomic E-state index is 0.100. The largest absolute Gasteiger partial charge is 0.297 e. The summed E-state index contributed by atoms with van der Waals surface area (Å²) in [4.78, 5) is 3.96. The van der Waals surface area contributed by atoms with Crippen LogP contribution in [0.3, 0.4) is 0 Å². The highest BCUT2D eigenvalue weighted by Crippen LogP contribution is 2.10. The van der Waals surface area contributed by atoms with Gasteiger partial charge in [-0.1, -0.05) is 5.92 Å². The molecule has 1 unspecified atom stereocenters. The summed E-state index contributed by atoms with van der Waals surface area (Å²) in [7, 11) is 0. The van der Waals surface area contributed by atoms with E-state index in [1.54, 1.807) is 12.4 Å². The second-order valence-corrected chi connectivity index (χ2v) is 3.06. The number of rotatable bonds is 3. The van der Waals surface area contributed by atoms with Gasteiger partial charge in [0.1, 0.15) is 0 Å². The van der Waals surface area contributed by atoms with Gasteiger partial charge in [0.05, 0.1) is 6.04 Å². The summed E-state index contributed by atoms with van der Waals surface area (Å²) >= 11 is 0. The number of nitrogens with zero attached hydrogens (tertiary/aromatic N) is 1. The first kappa shape index (κ1) is 9.76. The van der Waals surface area contributed by atoms with Crippen LogP contribution in [-0.2, 0) is 0 Å². The molecule has 2 atom stereocenters. The van der Waals surface area contributed by atoms with Gasteiger partial charge in [0.25, 0.3) is 0 Å². The quantitative estimate of drug-likeness (QED) is 0.706. The summed E-state index contributed by atoms with van der Waals surface area (Å²) in [6, 6.07) is 4.35. The normalized spacial score (nSPS) is 14.5. The molecule has 0 aliphatic rings. The van der Waals surface area contributed by atoms with Crippen LogP contribution in [0.5, 0.6) is 0 Å². The van der Waals surface area contributed by atoms with E-state index >= 15 is 0 Å². The number of hydrogen-bond donors (Lipinski definition) is 1. The zero-order valence-electron chi connectivity index (χ0n) is 7.99. The van der Waals surface area contributed by atoms with Crippen LogP contribution in [0.25, 0.3) is 0 Å². The highest BCUT2D eigenvalue weighted by Gasteiger charge is 2.05. The van der Waals surface area contributed by atoms with Gasteiger partial charge in [-0.2, -0.15) is 0 Å². The summed E-state index contributed by atoms with van der Waals surface area (Å²) in [5.74, 6) is 2.64. The van der Waals surface area contributed by atoms with Gasteiger partial charge in [-0.3, -0.25) is 10.3 Å². The van der Waals surface area contributed by atoms with Gasteiger partial charge in [0.15, 0.2) is 0 Å². The Morgan fingerprint density at radius 2 is 2.00 bits per heavy atom. The molecule has 0 aromatic carbocycles. The molecule has 0 aliphatic carbocycles. The second-order valence-electron chi connectivity index (χ2n) is 3.06. The van der Waals surface area contributed by atoms with Crippen LogP contribution in [-0.4, -0.2) is 11.0 Å². The van der Waals surface area contributed by atoms with E-state index in [0.29, 0.717) is 0 Å². The van der Waals surface area contributed by atoms with Crippen molar-refractivity contribution in [3.8, 4) is 12.3 Å². The van der Waals surface area contributed by atoms with Crippen molar-refractivity contribution >= 4 is 0 Å². The third kappa shape index (κ3) is 2.89. The van der Waals surface area contributed by atoms with E-state index in [1.165, 1.54) is 5.56 Å². The van der Waals surface area contributed by atoms with Crippen LogP contribution in [0.4, 0.5) is 0 Å². The Labute approximate surface area is 79.4 Å². The lowest BCUT2D eigenvalue weighted by atomic mass is 10.1. The van der Waals surface area contributed by atoms with E-state index in [1.807, 2.05) is 19.1 Å². The Hall–Kier alpha value is -1.33. The molecular formula is C11H14N2. The van der Waals surface area contributed by atoms with E-state index < -0.39 is 0 Å². The number of hydrogen-bond acceptors (Lipinski definition) is 2.